The molecule has 9 nitrogen and oxygen atoms in total. The number of aromatic nitrogens is 1. The monoisotopic (exact) mass is 492 g/mol. The Kier molecular flexibility index (Phi) is 7.91. The molecule has 3 aliphatic heterocycles. The molecule has 1 aromatic carbocycles. The average molecular weight is 493 g/mol. The third kappa shape index (κ3) is 5.44. The van der Waals surface area contributed by atoms with Crippen molar-refractivity contribution in [3.63, 3.8) is 0 Å². The molecule has 36 heavy (non-hydrogen) atoms. The number of ether oxygens (including phenoxy) is 1. The highest BCUT2D eigenvalue weighted by molar-refractivity contribution is 5.98. The molecule has 0 bridgehead atoms. The van der Waals surface area contributed by atoms with Gasteiger partial charge in [-0.15, -0.1) is 0 Å². The zero-order valence-electron chi connectivity index (χ0n) is 21.0. The van der Waals surface area contributed by atoms with Gasteiger partial charge in [-0.3, -0.25) is 19.5 Å². The Morgan fingerprint density at radius 2 is 1.81 bits per heavy atom. The maximum Gasteiger partial charge on any atom is 0.247 e. The van der Waals surface area contributed by atoms with Crippen molar-refractivity contribution in [1.82, 2.24) is 25.1 Å². The van der Waals surface area contributed by atoms with Gasteiger partial charge < -0.3 is 14.5 Å². The molecule has 3 aliphatic rings. The number of benzene rings is 1. The highest BCUT2D eigenvalue weighted by Gasteiger charge is 2.51. The van der Waals surface area contributed by atoms with Crippen molar-refractivity contribution in [2.45, 2.75) is 19.0 Å². The number of nitrogens with one attached hydrogen (secondary N) is 1. The van der Waals surface area contributed by atoms with Gasteiger partial charge in [0.15, 0.2) is 0 Å². The second kappa shape index (κ2) is 11.5. The second-order valence-electron chi connectivity index (χ2n) is 9.91. The SMILES string of the molecule is COCCCN1CC(C(=O)N2CCN(Cc3ccccn3)CC2)C2NN(c3ccccc3)C(=O)C2C1. The van der Waals surface area contributed by atoms with E-state index in [1.165, 1.54) is 0 Å². The number of carbonyl (C=O) groups is 2. The molecule has 0 radical (unpaired) electrons. The predicted octanol–water partition coefficient (Wildman–Crippen LogP) is 1.23. The molecular formula is C27H36N6O3. The summed E-state index contributed by atoms with van der Waals surface area (Å²) in [6.45, 7) is 6.63. The zero-order valence-corrected chi connectivity index (χ0v) is 21.0. The van der Waals surface area contributed by atoms with Crippen molar-refractivity contribution in [2.75, 3.05) is 64.5 Å². The second-order valence-corrected chi connectivity index (χ2v) is 9.91. The lowest BCUT2D eigenvalue weighted by Crippen LogP contribution is -2.59. The number of pyridine rings is 1. The van der Waals surface area contributed by atoms with E-state index in [-0.39, 0.29) is 29.7 Å². The number of piperidine rings is 1. The highest BCUT2D eigenvalue weighted by atomic mass is 16.5. The molecule has 9 heteroatoms. The van der Waals surface area contributed by atoms with E-state index in [2.05, 4.69) is 20.2 Å². The van der Waals surface area contributed by atoms with E-state index in [1.54, 1.807) is 12.1 Å². The maximum atomic E-state index is 13.9. The minimum Gasteiger partial charge on any atom is -0.385 e. The number of anilines is 1. The molecule has 3 fully saturated rings. The summed E-state index contributed by atoms with van der Waals surface area (Å²) in [6.07, 6.45) is 2.70. The molecule has 2 amide bonds. The van der Waals surface area contributed by atoms with Crippen LogP contribution in [0.5, 0.6) is 0 Å². The molecule has 192 valence electrons. The molecule has 3 saturated heterocycles. The summed E-state index contributed by atoms with van der Waals surface area (Å²) >= 11 is 0. The summed E-state index contributed by atoms with van der Waals surface area (Å²) in [5.41, 5.74) is 5.29. The summed E-state index contributed by atoms with van der Waals surface area (Å²) in [6, 6.07) is 15.4. The van der Waals surface area contributed by atoms with Gasteiger partial charge in [-0.25, -0.2) is 10.4 Å². The summed E-state index contributed by atoms with van der Waals surface area (Å²) in [5, 5.41) is 1.65. The number of para-hydroxylation sites is 1. The number of methoxy groups -OCH3 is 1. The first-order valence-electron chi connectivity index (χ1n) is 12.9. The number of hydrogen-bond acceptors (Lipinski definition) is 7. The smallest absolute Gasteiger partial charge is 0.247 e. The number of likely N-dealkylation sites (tertiary alicyclic amines) is 1. The fourth-order valence-corrected chi connectivity index (χ4v) is 5.64. The maximum absolute atomic E-state index is 13.9. The van der Waals surface area contributed by atoms with Gasteiger partial charge in [0.1, 0.15) is 0 Å². The van der Waals surface area contributed by atoms with Crippen LogP contribution in [0.3, 0.4) is 0 Å². The van der Waals surface area contributed by atoms with Gasteiger partial charge in [0.05, 0.1) is 29.3 Å². The largest absolute Gasteiger partial charge is 0.385 e. The normalized spacial score (nSPS) is 25.2. The number of fused-ring (bicyclic) bond motifs is 1. The van der Waals surface area contributed by atoms with E-state index < -0.39 is 0 Å². The predicted molar refractivity (Wildman–Crippen MR) is 137 cm³/mol. The first-order chi connectivity index (χ1) is 17.6. The number of amides is 2. The minimum atomic E-state index is -0.272. The first-order valence-corrected chi connectivity index (χ1v) is 12.9. The number of hydrogen-bond donors (Lipinski definition) is 1. The molecule has 0 aliphatic carbocycles. The average Bonchev–Trinajstić information content (AvgIpc) is 3.26. The van der Waals surface area contributed by atoms with Crippen LogP contribution in [0.15, 0.2) is 54.7 Å². The lowest BCUT2D eigenvalue weighted by molar-refractivity contribution is -0.141. The molecule has 0 saturated carbocycles. The summed E-state index contributed by atoms with van der Waals surface area (Å²) in [5.74, 6) is -0.332. The lowest BCUT2D eigenvalue weighted by Gasteiger charge is -2.42. The van der Waals surface area contributed by atoms with E-state index in [4.69, 9.17) is 4.74 Å². The van der Waals surface area contributed by atoms with Gasteiger partial charge in [0, 0.05) is 72.3 Å². The fourth-order valence-electron chi connectivity index (χ4n) is 5.64. The topological polar surface area (TPSA) is 81.2 Å². The van der Waals surface area contributed by atoms with Crippen molar-refractivity contribution in [3.8, 4) is 0 Å². The van der Waals surface area contributed by atoms with Crippen LogP contribution in [0.25, 0.3) is 0 Å². The number of hydrazine groups is 1. The van der Waals surface area contributed by atoms with Crippen LogP contribution in [0.4, 0.5) is 5.69 Å². The molecular weight excluding hydrogens is 456 g/mol. The van der Waals surface area contributed by atoms with E-state index >= 15 is 0 Å². The molecule has 5 rings (SSSR count). The van der Waals surface area contributed by atoms with Crippen LogP contribution < -0.4 is 10.4 Å². The Morgan fingerprint density at radius 1 is 1.03 bits per heavy atom. The number of piperazine rings is 1. The van der Waals surface area contributed by atoms with E-state index in [0.717, 1.165) is 44.0 Å². The number of nitrogens with zero attached hydrogens (tertiary/aromatic N) is 5. The quantitative estimate of drug-likeness (QED) is 0.555. The van der Waals surface area contributed by atoms with Gasteiger partial charge in [-0.05, 0) is 30.7 Å². The number of carbonyl (C=O) groups excluding carboxylic acids is 2. The van der Waals surface area contributed by atoms with Crippen molar-refractivity contribution in [3.05, 3.63) is 60.4 Å². The minimum absolute atomic E-state index is 0.0422. The van der Waals surface area contributed by atoms with Gasteiger partial charge in [-0.2, -0.15) is 0 Å². The van der Waals surface area contributed by atoms with Crippen LogP contribution >= 0.6 is 0 Å². The Hall–Kier alpha value is -2.85. The van der Waals surface area contributed by atoms with Gasteiger partial charge in [0.25, 0.3) is 0 Å². The lowest BCUT2D eigenvalue weighted by atomic mass is 9.83. The molecule has 1 aromatic heterocycles. The molecule has 2 aromatic rings. The molecule has 3 atom stereocenters. The Bertz CT molecular complexity index is 1010. The van der Waals surface area contributed by atoms with E-state index in [1.807, 2.05) is 59.6 Å². The van der Waals surface area contributed by atoms with Gasteiger partial charge in [-0.1, -0.05) is 24.3 Å². The van der Waals surface area contributed by atoms with Crippen molar-refractivity contribution in [1.29, 1.82) is 0 Å². The van der Waals surface area contributed by atoms with Crippen molar-refractivity contribution < 1.29 is 14.3 Å². The fraction of sp³-hybridized carbons (Fsp3) is 0.519. The Balaban J connectivity index is 1.27. The Labute approximate surface area is 213 Å². The van der Waals surface area contributed by atoms with E-state index in [0.29, 0.717) is 32.8 Å². The van der Waals surface area contributed by atoms with Crippen LogP contribution in [0, 0.1) is 11.8 Å². The van der Waals surface area contributed by atoms with Crippen LogP contribution in [-0.2, 0) is 20.9 Å². The molecule has 3 unspecified atom stereocenters. The third-order valence-electron chi connectivity index (χ3n) is 7.54. The first kappa shape index (κ1) is 24.8. The summed E-state index contributed by atoms with van der Waals surface area (Å²) < 4.78 is 5.24. The van der Waals surface area contributed by atoms with Crippen LogP contribution in [0.2, 0.25) is 0 Å². The van der Waals surface area contributed by atoms with Crippen molar-refractivity contribution >= 4 is 17.5 Å². The standard InChI is InChI=1S/C27H36N6O3/c1-36-17-7-12-31-19-23(25-24(20-31)27(35)33(29-25)22-9-3-2-4-10-22)26(34)32-15-13-30(14-16-32)18-21-8-5-6-11-28-21/h2-6,8-11,23-25,29H,7,12-20H2,1H3. The number of rotatable bonds is 8. The van der Waals surface area contributed by atoms with Gasteiger partial charge >= 0.3 is 0 Å². The van der Waals surface area contributed by atoms with E-state index in [9.17, 15) is 9.59 Å². The summed E-state index contributed by atoms with van der Waals surface area (Å²) in [4.78, 5) is 38.4. The Morgan fingerprint density at radius 3 is 2.53 bits per heavy atom. The molecule has 0 spiro atoms. The third-order valence-corrected chi connectivity index (χ3v) is 7.54. The molecule has 4 heterocycles. The van der Waals surface area contributed by atoms with Crippen LogP contribution in [-0.4, -0.2) is 97.1 Å². The van der Waals surface area contributed by atoms with Crippen LogP contribution in [0.1, 0.15) is 12.1 Å². The highest BCUT2D eigenvalue weighted by Crippen LogP contribution is 2.33. The van der Waals surface area contributed by atoms with Crippen molar-refractivity contribution in [2.24, 2.45) is 11.8 Å². The summed E-state index contributed by atoms with van der Waals surface area (Å²) in [7, 11) is 1.70. The zero-order chi connectivity index (χ0) is 24.9. The molecule has 1 N–H and O–H groups in total. The van der Waals surface area contributed by atoms with Gasteiger partial charge in [0.2, 0.25) is 11.8 Å².